The fourth-order valence-corrected chi connectivity index (χ4v) is 3.39. The first-order valence-electron chi connectivity index (χ1n) is 9.05. The van der Waals surface area contributed by atoms with Gasteiger partial charge in [-0.3, -0.25) is 9.69 Å². The number of anilines is 1. The van der Waals surface area contributed by atoms with Gasteiger partial charge in [-0.25, -0.2) is 0 Å². The molecule has 4 heteroatoms. The van der Waals surface area contributed by atoms with Gasteiger partial charge in [-0.1, -0.05) is 42.5 Å². The van der Waals surface area contributed by atoms with E-state index in [4.69, 9.17) is 0 Å². The van der Waals surface area contributed by atoms with Gasteiger partial charge in [0.1, 0.15) is 0 Å². The molecule has 2 N–H and O–H groups in total. The number of hydrogen-bond acceptors (Lipinski definition) is 3. The minimum Gasteiger partial charge on any atom is -0.381 e. The average molecular weight is 337 g/mol. The summed E-state index contributed by atoms with van der Waals surface area (Å²) in [7, 11) is 1.67. The second-order valence-corrected chi connectivity index (χ2v) is 6.75. The molecule has 132 valence electrons. The van der Waals surface area contributed by atoms with E-state index in [-0.39, 0.29) is 5.91 Å². The molecule has 0 bridgehead atoms. The highest BCUT2D eigenvalue weighted by Gasteiger charge is 2.19. The summed E-state index contributed by atoms with van der Waals surface area (Å²) >= 11 is 0. The lowest BCUT2D eigenvalue weighted by atomic mass is 10.0. The Morgan fingerprint density at radius 3 is 2.56 bits per heavy atom. The van der Waals surface area contributed by atoms with Gasteiger partial charge in [0.2, 0.25) is 5.91 Å². The van der Waals surface area contributed by atoms with Crippen molar-refractivity contribution in [1.82, 2.24) is 10.2 Å². The van der Waals surface area contributed by atoms with Gasteiger partial charge in [0, 0.05) is 31.9 Å². The van der Waals surface area contributed by atoms with Crippen molar-refractivity contribution in [2.45, 2.75) is 31.8 Å². The third-order valence-corrected chi connectivity index (χ3v) is 4.72. The third-order valence-electron chi connectivity index (χ3n) is 4.72. The number of likely N-dealkylation sites (tertiary alicyclic amines) is 1. The van der Waals surface area contributed by atoms with Crippen LogP contribution in [-0.4, -0.2) is 37.0 Å². The van der Waals surface area contributed by atoms with Crippen LogP contribution in [-0.2, 0) is 17.8 Å². The number of piperidine rings is 1. The molecule has 25 heavy (non-hydrogen) atoms. The van der Waals surface area contributed by atoms with Crippen molar-refractivity contribution >= 4 is 11.6 Å². The van der Waals surface area contributed by atoms with Crippen LogP contribution in [0.3, 0.4) is 0 Å². The zero-order valence-electron chi connectivity index (χ0n) is 14.9. The molecule has 2 aromatic carbocycles. The number of hydrogen-bond donors (Lipinski definition) is 2. The van der Waals surface area contributed by atoms with E-state index < -0.39 is 0 Å². The Hall–Kier alpha value is -2.33. The lowest BCUT2D eigenvalue weighted by molar-refractivity contribution is -0.119. The van der Waals surface area contributed by atoms with E-state index in [9.17, 15) is 4.79 Å². The quantitative estimate of drug-likeness (QED) is 0.851. The van der Waals surface area contributed by atoms with Crippen LogP contribution < -0.4 is 10.6 Å². The largest absolute Gasteiger partial charge is 0.381 e. The molecule has 0 spiro atoms. The Kier molecular flexibility index (Phi) is 6.07. The van der Waals surface area contributed by atoms with Crippen molar-refractivity contribution < 1.29 is 4.79 Å². The van der Waals surface area contributed by atoms with Gasteiger partial charge in [0.05, 0.1) is 6.42 Å². The lowest BCUT2D eigenvalue weighted by Gasteiger charge is -2.33. The molecule has 4 nitrogen and oxygen atoms in total. The van der Waals surface area contributed by atoms with E-state index in [0.29, 0.717) is 12.5 Å². The lowest BCUT2D eigenvalue weighted by Crippen LogP contribution is -2.41. The van der Waals surface area contributed by atoms with Gasteiger partial charge in [0.15, 0.2) is 0 Å². The Morgan fingerprint density at radius 1 is 1.08 bits per heavy atom. The van der Waals surface area contributed by atoms with Crippen LogP contribution >= 0.6 is 0 Å². The second kappa shape index (κ2) is 8.67. The highest BCUT2D eigenvalue weighted by Crippen LogP contribution is 2.18. The average Bonchev–Trinajstić information content (AvgIpc) is 2.64. The van der Waals surface area contributed by atoms with E-state index in [1.165, 1.54) is 18.4 Å². The molecule has 0 aliphatic carbocycles. The number of likely N-dealkylation sites (N-methyl/N-ethyl adjacent to an activating group) is 1. The first-order valence-corrected chi connectivity index (χ1v) is 9.05. The van der Waals surface area contributed by atoms with Crippen LogP contribution in [0.2, 0.25) is 0 Å². The SMILES string of the molecule is CNC(=O)Cc1ccc(NC2CCCN(Cc3ccccc3)C2)cc1. The predicted octanol–water partition coefficient (Wildman–Crippen LogP) is 3.05. The van der Waals surface area contributed by atoms with E-state index in [1.807, 2.05) is 12.1 Å². The molecule has 1 fully saturated rings. The smallest absolute Gasteiger partial charge is 0.224 e. The van der Waals surface area contributed by atoms with Gasteiger partial charge >= 0.3 is 0 Å². The van der Waals surface area contributed by atoms with Gasteiger partial charge in [0.25, 0.3) is 0 Å². The summed E-state index contributed by atoms with van der Waals surface area (Å²) in [5, 5.41) is 6.31. The molecule has 1 unspecified atom stereocenters. The summed E-state index contributed by atoms with van der Waals surface area (Å²) in [5.74, 6) is 0.0459. The molecule has 3 rings (SSSR count). The second-order valence-electron chi connectivity index (χ2n) is 6.75. The molecule has 0 aromatic heterocycles. The number of carbonyl (C=O) groups excluding carboxylic acids is 1. The van der Waals surface area contributed by atoms with Crippen molar-refractivity contribution in [3.63, 3.8) is 0 Å². The molecule has 0 saturated carbocycles. The molecular weight excluding hydrogens is 310 g/mol. The fraction of sp³-hybridized carbons (Fsp3) is 0.381. The van der Waals surface area contributed by atoms with Gasteiger partial charge in [-0.2, -0.15) is 0 Å². The summed E-state index contributed by atoms with van der Waals surface area (Å²) in [5.41, 5.74) is 3.55. The Labute approximate surface area is 150 Å². The maximum Gasteiger partial charge on any atom is 0.224 e. The monoisotopic (exact) mass is 337 g/mol. The standard InChI is InChI=1S/C21H27N3O/c1-22-21(25)14-17-9-11-19(12-10-17)23-20-8-5-13-24(16-20)15-18-6-3-2-4-7-18/h2-4,6-7,9-12,20,23H,5,8,13-16H2,1H3,(H,22,25). The number of amides is 1. The highest BCUT2D eigenvalue weighted by molar-refractivity contribution is 5.78. The summed E-state index contributed by atoms with van der Waals surface area (Å²) in [6.45, 7) is 3.25. The molecule has 0 radical (unpaired) electrons. The van der Waals surface area contributed by atoms with E-state index in [2.05, 4.69) is 58.0 Å². The fourth-order valence-electron chi connectivity index (χ4n) is 3.39. The number of rotatable bonds is 6. The van der Waals surface area contributed by atoms with E-state index >= 15 is 0 Å². The van der Waals surface area contributed by atoms with E-state index in [0.717, 1.165) is 30.9 Å². The minimum atomic E-state index is 0.0459. The maximum absolute atomic E-state index is 11.4. The molecule has 1 amide bonds. The van der Waals surface area contributed by atoms with Gasteiger partial charge in [-0.05, 0) is 42.6 Å². The normalized spacial score (nSPS) is 17.9. The van der Waals surface area contributed by atoms with Crippen LogP contribution in [0.25, 0.3) is 0 Å². The zero-order valence-corrected chi connectivity index (χ0v) is 14.9. The van der Waals surface area contributed by atoms with Gasteiger partial charge < -0.3 is 10.6 Å². The number of nitrogens with zero attached hydrogens (tertiary/aromatic N) is 1. The van der Waals surface area contributed by atoms with Crippen molar-refractivity contribution in [2.24, 2.45) is 0 Å². The Bertz CT molecular complexity index is 669. The van der Waals surface area contributed by atoms with Crippen LogP contribution in [0.5, 0.6) is 0 Å². The Balaban J connectivity index is 1.53. The van der Waals surface area contributed by atoms with Crippen LogP contribution in [0.4, 0.5) is 5.69 Å². The topological polar surface area (TPSA) is 44.4 Å². The molecular formula is C21H27N3O. The maximum atomic E-state index is 11.4. The first kappa shape index (κ1) is 17.5. The molecule has 2 aromatic rings. The zero-order chi connectivity index (χ0) is 17.5. The van der Waals surface area contributed by atoms with Crippen molar-refractivity contribution in [1.29, 1.82) is 0 Å². The van der Waals surface area contributed by atoms with Gasteiger partial charge in [-0.15, -0.1) is 0 Å². The summed E-state index contributed by atoms with van der Waals surface area (Å²) in [4.78, 5) is 14.0. The number of nitrogens with one attached hydrogen (secondary N) is 2. The van der Waals surface area contributed by atoms with Crippen molar-refractivity contribution in [3.8, 4) is 0 Å². The number of carbonyl (C=O) groups is 1. The molecule has 1 atom stereocenters. The first-order chi connectivity index (χ1) is 12.2. The highest BCUT2D eigenvalue weighted by atomic mass is 16.1. The minimum absolute atomic E-state index is 0.0459. The molecule has 1 aliphatic heterocycles. The Morgan fingerprint density at radius 2 is 1.84 bits per heavy atom. The van der Waals surface area contributed by atoms with Crippen LogP contribution in [0, 0.1) is 0 Å². The van der Waals surface area contributed by atoms with Crippen LogP contribution in [0.15, 0.2) is 54.6 Å². The van der Waals surface area contributed by atoms with Crippen molar-refractivity contribution in [3.05, 3.63) is 65.7 Å². The summed E-state index contributed by atoms with van der Waals surface area (Å²) in [6.07, 6.45) is 2.86. The number of benzene rings is 2. The summed E-state index contributed by atoms with van der Waals surface area (Å²) in [6, 6.07) is 19.4. The molecule has 1 saturated heterocycles. The summed E-state index contributed by atoms with van der Waals surface area (Å²) < 4.78 is 0. The van der Waals surface area contributed by atoms with Crippen LogP contribution in [0.1, 0.15) is 24.0 Å². The third kappa shape index (κ3) is 5.33. The molecule has 1 aliphatic rings. The van der Waals surface area contributed by atoms with E-state index in [1.54, 1.807) is 7.05 Å². The molecule has 1 heterocycles. The predicted molar refractivity (Wildman–Crippen MR) is 103 cm³/mol. The van der Waals surface area contributed by atoms with Crippen molar-refractivity contribution in [2.75, 3.05) is 25.5 Å².